The van der Waals surface area contributed by atoms with E-state index in [0.717, 1.165) is 0 Å². The maximum atomic E-state index is 11.8. The third kappa shape index (κ3) is 3.22. The van der Waals surface area contributed by atoms with E-state index < -0.39 is 11.9 Å². The zero-order valence-electron chi connectivity index (χ0n) is 8.54. The van der Waals surface area contributed by atoms with E-state index in [2.05, 4.69) is 0 Å². The summed E-state index contributed by atoms with van der Waals surface area (Å²) in [4.78, 5) is 22.3. The Hall–Kier alpha value is -1.06. The maximum Gasteiger partial charge on any atom is 0.304 e. The zero-order chi connectivity index (χ0) is 12.3. The van der Waals surface area contributed by atoms with Crippen molar-refractivity contribution < 1.29 is 14.7 Å². The molecule has 0 aromatic heterocycles. The minimum Gasteiger partial charge on any atom is -0.481 e. The van der Waals surface area contributed by atoms with Gasteiger partial charge in [0.05, 0.1) is 11.4 Å². The van der Waals surface area contributed by atoms with Crippen LogP contribution in [0.4, 0.5) is 0 Å². The number of benzene rings is 1. The molecule has 5 heteroatoms. The summed E-state index contributed by atoms with van der Waals surface area (Å²) >= 11 is 11.6. The van der Waals surface area contributed by atoms with Gasteiger partial charge < -0.3 is 5.11 Å². The Labute approximate surface area is 103 Å². The maximum absolute atomic E-state index is 11.8. The summed E-state index contributed by atoms with van der Waals surface area (Å²) < 4.78 is 0. The SMILES string of the molecule is CC(CC(=O)O)C(=O)c1cc(Cl)ccc1Cl. The van der Waals surface area contributed by atoms with Crippen LogP contribution in [0.25, 0.3) is 0 Å². The molecule has 0 amide bonds. The highest BCUT2D eigenvalue weighted by Crippen LogP contribution is 2.24. The lowest BCUT2D eigenvalue weighted by molar-refractivity contribution is -0.137. The molecule has 1 atom stereocenters. The van der Waals surface area contributed by atoms with E-state index in [1.54, 1.807) is 13.0 Å². The highest BCUT2D eigenvalue weighted by molar-refractivity contribution is 6.36. The van der Waals surface area contributed by atoms with Crippen molar-refractivity contribution in [1.82, 2.24) is 0 Å². The second kappa shape index (κ2) is 5.32. The first-order chi connectivity index (χ1) is 7.41. The first-order valence-corrected chi connectivity index (χ1v) is 5.38. The standard InChI is InChI=1S/C11H10Cl2O3/c1-6(4-10(14)15)11(16)8-5-7(12)2-3-9(8)13/h2-3,5-6H,4H2,1H3,(H,14,15). The van der Waals surface area contributed by atoms with Gasteiger partial charge in [0, 0.05) is 16.5 Å². The van der Waals surface area contributed by atoms with Gasteiger partial charge in [-0.2, -0.15) is 0 Å². The van der Waals surface area contributed by atoms with Crippen LogP contribution in [0.3, 0.4) is 0 Å². The van der Waals surface area contributed by atoms with Gasteiger partial charge in [-0.05, 0) is 18.2 Å². The fourth-order valence-electron chi connectivity index (χ4n) is 1.31. The highest BCUT2D eigenvalue weighted by Gasteiger charge is 2.20. The molecule has 1 aromatic rings. The van der Waals surface area contributed by atoms with E-state index >= 15 is 0 Å². The number of aliphatic carboxylic acids is 1. The minimum atomic E-state index is -1.01. The van der Waals surface area contributed by atoms with E-state index in [1.165, 1.54) is 12.1 Å². The van der Waals surface area contributed by atoms with Gasteiger partial charge >= 0.3 is 5.97 Å². The lowest BCUT2D eigenvalue weighted by Gasteiger charge is -2.09. The van der Waals surface area contributed by atoms with Crippen LogP contribution in [0, 0.1) is 5.92 Å². The summed E-state index contributed by atoms with van der Waals surface area (Å²) in [5.74, 6) is -1.94. The zero-order valence-corrected chi connectivity index (χ0v) is 10.0. The van der Waals surface area contributed by atoms with E-state index in [9.17, 15) is 9.59 Å². The monoisotopic (exact) mass is 260 g/mol. The molecule has 0 fully saturated rings. The Balaban J connectivity index is 2.95. The number of Topliss-reactive ketones (excluding diaryl/α,β-unsaturated/α-hetero) is 1. The highest BCUT2D eigenvalue weighted by atomic mass is 35.5. The number of carboxylic acids is 1. The van der Waals surface area contributed by atoms with Crippen molar-refractivity contribution >= 4 is 35.0 Å². The van der Waals surface area contributed by atoms with Crippen LogP contribution in [-0.2, 0) is 4.79 Å². The third-order valence-electron chi connectivity index (χ3n) is 2.12. The normalized spacial score (nSPS) is 12.2. The van der Waals surface area contributed by atoms with E-state index in [4.69, 9.17) is 28.3 Å². The molecule has 1 unspecified atom stereocenters. The van der Waals surface area contributed by atoms with Crippen molar-refractivity contribution in [1.29, 1.82) is 0 Å². The average molecular weight is 261 g/mol. The third-order valence-corrected chi connectivity index (χ3v) is 2.69. The molecular weight excluding hydrogens is 251 g/mol. The van der Waals surface area contributed by atoms with E-state index in [1.807, 2.05) is 0 Å². The molecule has 0 aliphatic rings. The molecular formula is C11H10Cl2O3. The van der Waals surface area contributed by atoms with Crippen molar-refractivity contribution in [2.24, 2.45) is 5.92 Å². The number of ketones is 1. The summed E-state index contributed by atoms with van der Waals surface area (Å²) in [5.41, 5.74) is 0.267. The van der Waals surface area contributed by atoms with E-state index in [0.29, 0.717) is 5.02 Å². The van der Waals surface area contributed by atoms with Gasteiger partial charge in [0.25, 0.3) is 0 Å². The number of hydrogen-bond acceptors (Lipinski definition) is 2. The van der Waals surface area contributed by atoms with Gasteiger partial charge in [-0.15, -0.1) is 0 Å². The summed E-state index contributed by atoms with van der Waals surface area (Å²) in [5, 5.41) is 9.27. The van der Waals surface area contributed by atoms with Crippen molar-refractivity contribution in [2.75, 3.05) is 0 Å². The molecule has 0 aliphatic carbocycles. The fourth-order valence-corrected chi connectivity index (χ4v) is 1.69. The van der Waals surface area contributed by atoms with Crippen molar-refractivity contribution in [3.8, 4) is 0 Å². The number of carbonyl (C=O) groups is 2. The van der Waals surface area contributed by atoms with Gasteiger partial charge in [-0.1, -0.05) is 30.1 Å². The van der Waals surface area contributed by atoms with Crippen LogP contribution in [-0.4, -0.2) is 16.9 Å². The molecule has 1 rings (SSSR count). The molecule has 0 bridgehead atoms. The Morgan fingerprint density at radius 2 is 2.00 bits per heavy atom. The molecule has 1 N–H and O–H groups in total. The van der Waals surface area contributed by atoms with Crippen LogP contribution in [0.2, 0.25) is 10.0 Å². The van der Waals surface area contributed by atoms with Crippen LogP contribution < -0.4 is 0 Å². The lowest BCUT2D eigenvalue weighted by atomic mass is 9.96. The predicted octanol–water partition coefficient (Wildman–Crippen LogP) is 3.29. The van der Waals surface area contributed by atoms with Gasteiger partial charge in [0.15, 0.2) is 5.78 Å². The molecule has 0 saturated carbocycles. The van der Waals surface area contributed by atoms with Crippen LogP contribution in [0.5, 0.6) is 0 Å². The van der Waals surface area contributed by atoms with Crippen LogP contribution in [0.1, 0.15) is 23.7 Å². The van der Waals surface area contributed by atoms with Gasteiger partial charge in [0.1, 0.15) is 0 Å². The number of halogens is 2. The number of hydrogen-bond donors (Lipinski definition) is 1. The summed E-state index contributed by atoms with van der Waals surface area (Å²) in [6.07, 6.45) is -0.221. The van der Waals surface area contributed by atoms with E-state index in [-0.39, 0.29) is 22.8 Å². The Morgan fingerprint density at radius 3 is 2.56 bits per heavy atom. The van der Waals surface area contributed by atoms with Crippen molar-refractivity contribution in [3.05, 3.63) is 33.8 Å². The van der Waals surface area contributed by atoms with Gasteiger partial charge in [-0.3, -0.25) is 9.59 Å². The molecule has 0 saturated heterocycles. The van der Waals surface area contributed by atoms with Gasteiger partial charge in [-0.25, -0.2) is 0 Å². The Morgan fingerprint density at radius 1 is 1.38 bits per heavy atom. The second-order valence-electron chi connectivity index (χ2n) is 3.49. The minimum absolute atomic E-state index is 0.221. The summed E-state index contributed by atoms with van der Waals surface area (Å²) in [7, 11) is 0. The first-order valence-electron chi connectivity index (χ1n) is 4.63. The summed E-state index contributed by atoms with van der Waals surface area (Å²) in [6, 6.07) is 4.54. The molecule has 0 aliphatic heterocycles. The lowest BCUT2D eigenvalue weighted by Crippen LogP contribution is -2.15. The molecule has 0 radical (unpaired) electrons. The summed E-state index contributed by atoms with van der Waals surface area (Å²) in [6.45, 7) is 1.55. The average Bonchev–Trinajstić information content (AvgIpc) is 2.19. The number of carbonyl (C=O) groups excluding carboxylic acids is 1. The number of carboxylic acid groups (broad SMARTS) is 1. The number of rotatable bonds is 4. The smallest absolute Gasteiger partial charge is 0.304 e. The Kier molecular flexibility index (Phi) is 4.33. The second-order valence-corrected chi connectivity index (χ2v) is 4.33. The predicted molar refractivity (Wildman–Crippen MR) is 62.2 cm³/mol. The molecule has 3 nitrogen and oxygen atoms in total. The van der Waals surface area contributed by atoms with Crippen LogP contribution >= 0.6 is 23.2 Å². The van der Waals surface area contributed by atoms with Crippen LogP contribution in [0.15, 0.2) is 18.2 Å². The molecule has 0 spiro atoms. The largest absolute Gasteiger partial charge is 0.481 e. The molecule has 86 valence electrons. The van der Waals surface area contributed by atoms with Crippen molar-refractivity contribution in [3.63, 3.8) is 0 Å². The topological polar surface area (TPSA) is 54.4 Å². The fraction of sp³-hybridized carbons (Fsp3) is 0.273. The Bertz CT molecular complexity index is 429. The first kappa shape index (κ1) is 13.0. The van der Waals surface area contributed by atoms with Gasteiger partial charge in [0.2, 0.25) is 0 Å². The quantitative estimate of drug-likeness (QED) is 0.846. The molecule has 0 heterocycles. The molecule has 16 heavy (non-hydrogen) atoms. The van der Waals surface area contributed by atoms with Crippen molar-refractivity contribution in [2.45, 2.75) is 13.3 Å². The molecule has 1 aromatic carbocycles.